The maximum Gasteiger partial charge on any atom is 0.331 e. The third-order valence-corrected chi connectivity index (χ3v) is 6.11. The highest BCUT2D eigenvalue weighted by molar-refractivity contribution is 7.98. The second kappa shape index (κ2) is 10.9. The number of ketones is 1. The number of rotatable bonds is 11. The fourth-order valence-electron chi connectivity index (χ4n) is 3.64. The van der Waals surface area contributed by atoms with Gasteiger partial charge in [-0.3, -0.25) is 4.79 Å². The van der Waals surface area contributed by atoms with Crippen LogP contribution < -0.4 is 5.73 Å². The number of carbonyl (C=O) groups is 2. The molecule has 0 aromatic heterocycles. The number of hydrogen-bond acceptors (Lipinski definition) is 6. The van der Waals surface area contributed by atoms with Gasteiger partial charge >= 0.3 is 5.97 Å². The lowest BCUT2D eigenvalue weighted by molar-refractivity contribution is -0.141. The summed E-state index contributed by atoms with van der Waals surface area (Å²) in [6.07, 6.45) is 4.12. The van der Waals surface area contributed by atoms with E-state index in [1.807, 2.05) is 42.7 Å². The Kier molecular flexibility index (Phi) is 8.26. The van der Waals surface area contributed by atoms with Crippen molar-refractivity contribution in [1.82, 2.24) is 0 Å². The number of thioether (sulfide) groups is 1. The van der Waals surface area contributed by atoms with Crippen molar-refractivity contribution in [1.29, 1.82) is 0 Å². The first-order valence-electron chi connectivity index (χ1n) is 10.4. The van der Waals surface area contributed by atoms with Crippen molar-refractivity contribution in [3.05, 3.63) is 59.7 Å². The topological polar surface area (TPSA) is 98.9 Å². The van der Waals surface area contributed by atoms with Crippen LogP contribution in [0.3, 0.4) is 0 Å². The molecule has 2 atom stereocenters. The highest BCUT2D eigenvalue weighted by atomic mass is 32.2. The summed E-state index contributed by atoms with van der Waals surface area (Å²) in [5.74, 6) is -1.42. The first-order chi connectivity index (χ1) is 15.0. The number of ether oxygens (including phenoxy) is 2. The normalized spacial score (nSPS) is 17.9. The molecule has 0 saturated carbocycles. The largest absolute Gasteiger partial charge is 0.480 e. The average molecular weight is 444 g/mol. The molecular weight excluding hydrogens is 414 g/mol. The van der Waals surface area contributed by atoms with E-state index in [0.29, 0.717) is 30.1 Å². The summed E-state index contributed by atoms with van der Waals surface area (Å²) in [6.45, 7) is 1.69. The standard InChI is InChI=1S/C24H29NO5S/c1-31-13-11-24(25,23(27)28)22(26)20-10-9-17(15-29-16-19-8-5-12-30-19)14-21(20)18-6-3-2-4-7-18/h2-4,6-7,9-10,14,19H,5,8,11-13,15-16,25H2,1H3,(H,27,28). The monoisotopic (exact) mass is 443 g/mol. The molecule has 1 saturated heterocycles. The van der Waals surface area contributed by atoms with E-state index in [0.717, 1.165) is 30.6 Å². The summed E-state index contributed by atoms with van der Waals surface area (Å²) in [5, 5.41) is 9.74. The zero-order valence-corrected chi connectivity index (χ0v) is 18.5. The fraction of sp³-hybridized carbons (Fsp3) is 0.417. The molecule has 3 rings (SSSR count). The lowest BCUT2D eigenvalue weighted by atomic mass is 9.84. The molecule has 0 aliphatic carbocycles. The van der Waals surface area contributed by atoms with Crippen molar-refractivity contribution in [2.45, 2.75) is 37.5 Å². The third-order valence-electron chi connectivity index (χ3n) is 5.50. The Bertz CT molecular complexity index is 898. The van der Waals surface area contributed by atoms with Crippen LogP contribution in [0.15, 0.2) is 48.5 Å². The number of carboxylic acids is 1. The molecule has 0 amide bonds. The van der Waals surface area contributed by atoms with Crippen LogP contribution in [0.5, 0.6) is 0 Å². The molecule has 1 aliphatic heterocycles. The van der Waals surface area contributed by atoms with Gasteiger partial charge in [-0.25, -0.2) is 4.79 Å². The molecule has 2 unspecified atom stereocenters. The van der Waals surface area contributed by atoms with Crippen molar-refractivity contribution in [3.8, 4) is 11.1 Å². The van der Waals surface area contributed by atoms with Crippen LogP contribution in [0.25, 0.3) is 11.1 Å². The Hall–Kier alpha value is -2.19. The van der Waals surface area contributed by atoms with Gasteiger partial charge in [0.15, 0.2) is 11.3 Å². The first-order valence-corrected chi connectivity index (χ1v) is 11.8. The van der Waals surface area contributed by atoms with Crippen molar-refractivity contribution >= 4 is 23.5 Å². The third kappa shape index (κ3) is 5.74. The molecule has 6 nitrogen and oxygen atoms in total. The van der Waals surface area contributed by atoms with Gasteiger partial charge in [-0.1, -0.05) is 42.5 Å². The van der Waals surface area contributed by atoms with Gasteiger partial charge in [0.1, 0.15) is 0 Å². The van der Waals surface area contributed by atoms with Gasteiger partial charge < -0.3 is 20.3 Å². The van der Waals surface area contributed by atoms with Crippen LogP contribution in [0.4, 0.5) is 0 Å². The minimum absolute atomic E-state index is 0.0583. The van der Waals surface area contributed by atoms with Crippen LogP contribution in [-0.2, 0) is 20.9 Å². The molecule has 2 aromatic rings. The van der Waals surface area contributed by atoms with Gasteiger partial charge in [0.05, 0.1) is 19.3 Å². The van der Waals surface area contributed by atoms with Gasteiger partial charge in [-0.15, -0.1) is 0 Å². The molecule has 3 N–H and O–H groups in total. The van der Waals surface area contributed by atoms with Crippen molar-refractivity contribution < 1.29 is 24.2 Å². The van der Waals surface area contributed by atoms with Crippen LogP contribution in [0.1, 0.15) is 35.2 Å². The van der Waals surface area contributed by atoms with Gasteiger partial charge in [-0.05, 0) is 54.0 Å². The van der Waals surface area contributed by atoms with E-state index >= 15 is 0 Å². The summed E-state index contributed by atoms with van der Waals surface area (Å²) in [6, 6.07) is 14.8. The molecule has 166 valence electrons. The van der Waals surface area contributed by atoms with E-state index in [4.69, 9.17) is 15.2 Å². The SMILES string of the molecule is CSCCC(N)(C(=O)O)C(=O)c1ccc(COCC2CCCO2)cc1-c1ccccc1. The lowest BCUT2D eigenvalue weighted by Gasteiger charge is -2.24. The molecular formula is C24H29NO5S. The van der Waals surface area contributed by atoms with Crippen molar-refractivity contribution in [2.75, 3.05) is 25.2 Å². The van der Waals surface area contributed by atoms with Gasteiger partial charge in [-0.2, -0.15) is 11.8 Å². The highest BCUT2D eigenvalue weighted by Gasteiger charge is 2.42. The van der Waals surface area contributed by atoms with Crippen LogP contribution in [0, 0.1) is 0 Å². The molecule has 7 heteroatoms. The summed E-state index contributed by atoms with van der Waals surface area (Å²) in [5.41, 5.74) is 6.85. The Labute approximate surface area is 187 Å². The minimum Gasteiger partial charge on any atom is -0.480 e. The molecule has 2 aromatic carbocycles. The molecule has 0 bridgehead atoms. The Morgan fingerprint density at radius 2 is 2.03 bits per heavy atom. The highest BCUT2D eigenvalue weighted by Crippen LogP contribution is 2.29. The van der Waals surface area contributed by atoms with Crippen molar-refractivity contribution in [2.24, 2.45) is 5.73 Å². The molecule has 0 radical (unpaired) electrons. The number of Topliss-reactive ketones (excluding diaryl/α,β-unsaturated/α-hetero) is 1. The molecule has 1 heterocycles. The second-order valence-corrected chi connectivity index (χ2v) is 8.73. The molecule has 31 heavy (non-hydrogen) atoms. The number of hydrogen-bond donors (Lipinski definition) is 2. The molecule has 1 aliphatic rings. The van der Waals surface area contributed by atoms with E-state index in [-0.39, 0.29) is 12.5 Å². The first kappa shape index (κ1) is 23.5. The number of aliphatic carboxylic acids is 1. The van der Waals surface area contributed by atoms with Crippen LogP contribution in [-0.4, -0.2) is 53.7 Å². The fourth-order valence-corrected chi connectivity index (χ4v) is 4.17. The summed E-state index contributed by atoms with van der Waals surface area (Å²) in [4.78, 5) is 25.3. The Morgan fingerprint density at radius 3 is 2.68 bits per heavy atom. The predicted molar refractivity (Wildman–Crippen MR) is 122 cm³/mol. The number of carbonyl (C=O) groups excluding carboxylic acids is 1. The smallest absolute Gasteiger partial charge is 0.331 e. The van der Waals surface area contributed by atoms with E-state index in [2.05, 4.69) is 0 Å². The predicted octanol–water partition coefficient (Wildman–Crippen LogP) is 3.77. The van der Waals surface area contributed by atoms with Crippen LogP contribution >= 0.6 is 11.8 Å². The maximum absolute atomic E-state index is 13.3. The van der Waals surface area contributed by atoms with E-state index in [1.165, 1.54) is 11.8 Å². The quantitative estimate of drug-likeness (QED) is 0.403. The number of benzene rings is 2. The van der Waals surface area contributed by atoms with Gasteiger partial charge in [0.2, 0.25) is 0 Å². The minimum atomic E-state index is -1.97. The number of carboxylic acid groups (broad SMARTS) is 1. The van der Waals surface area contributed by atoms with Gasteiger partial charge in [0.25, 0.3) is 0 Å². The lowest BCUT2D eigenvalue weighted by Crippen LogP contribution is -2.55. The van der Waals surface area contributed by atoms with E-state index in [9.17, 15) is 14.7 Å². The zero-order chi connectivity index (χ0) is 22.3. The summed E-state index contributed by atoms with van der Waals surface area (Å²) >= 11 is 1.46. The van der Waals surface area contributed by atoms with Crippen molar-refractivity contribution in [3.63, 3.8) is 0 Å². The van der Waals surface area contributed by atoms with E-state index < -0.39 is 17.3 Å². The van der Waals surface area contributed by atoms with Gasteiger partial charge in [0, 0.05) is 12.2 Å². The summed E-state index contributed by atoms with van der Waals surface area (Å²) < 4.78 is 11.4. The summed E-state index contributed by atoms with van der Waals surface area (Å²) in [7, 11) is 0. The molecule has 1 fully saturated rings. The maximum atomic E-state index is 13.3. The zero-order valence-electron chi connectivity index (χ0n) is 17.7. The average Bonchev–Trinajstić information content (AvgIpc) is 3.31. The molecule has 0 spiro atoms. The Balaban J connectivity index is 1.89. The Morgan fingerprint density at radius 1 is 1.26 bits per heavy atom. The second-order valence-electron chi connectivity index (χ2n) is 7.74. The van der Waals surface area contributed by atoms with Crippen LogP contribution in [0.2, 0.25) is 0 Å². The van der Waals surface area contributed by atoms with E-state index in [1.54, 1.807) is 12.1 Å². The number of nitrogens with two attached hydrogens (primary N) is 1.